The number of aliphatic hydroxyl groups is 1. The smallest absolute Gasteiger partial charge is 0.334 e. The summed E-state index contributed by atoms with van der Waals surface area (Å²) in [5, 5.41) is 9.73. The SMILES string of the molecule is C=C(CN1CC(O)CC1CN(C)C)C(=O)OCC. The highest BCUT2D eigenvalue weighted by atomic mass is 16.5. The van der Waals surface area contributed by atoms with Crippen LogP contribution in [-0.2, 0) is 9.53 Å². The van der Waals surface area contributed by atoms with Gasteiger partial charge in [0.2, 0.25) is 0 Å². The van der Waals surface area contributed by atoms with Crippen molar-refractivity contribution in [1.29, 1.82) is 0 Å². The molecular weight excluding hydrogens is 232 g/mol. The molecule has 1 saturated heterocycles. The Morgan fingerprint density at radius 3 is 2.78 bits per heavy atom. The second-order valence-electron chi connectivity index (χ2n) is 5.06. The first-order valence-electron chi connectivity index (χ1n) is 6.35. The molecule has 0 bridgehead atoms. The van der Waals surface area contributed by atoms with Crippen molar-refractivity contribution in [3.05, 3.63) is 12.2 Å². The van der Waals surface area contributed by atoms with Crippen LogP contribution in [0.25, 0.3) is 0 Å². The maximum atomic E-state index is 11.5. The number of aliphatic hydroxyl groups excluding tert-OH is 1. The minimum Gasteiger partial charge on any atom is -0.463 e. The number of nitrogens with zero attached hydrogens (tertiary/aromatic N) is 2. The molecule has 0 aliphatic carbocycles. The topological polar surface area (TPSA) is 53.0 Å². The van der Waals surface area contributed by atoms with Gasteiger partial charge < -0.3 is 14.7 Å². The third-order valence-corrected chi connectivity index (χ3v) is 3.04. The van der Waals surface area contributed by atoms with Crippen molar-refractivity contribution in [1.82, 2.24) is 9.80 Å². The molecule has 1 aliphatic heterocycles. The molecule has 0 aromatic rings. The number of β-amino-alcohol motifs (C(OH)–C–C–N with tert-alkyl or cyclic N) is 1. The molecule has 2 atom stereocenters. The van der Waals surface area contributed by atoms with Crippen molar-refractivity contribution in [3.63, 3.8) is 0 Å². The number of hydrogen-bond acceptors (Lipinski definition) is 5. The van der Waals surface area contributed by atoms with Crippen molar-refractivity contribution in [3.8, 4) is 0 Å². The molecule has 0 saturated carbocycles. The molecule has 0 spiro atoms. The van der Waals surface area contributed by atoms with Crippen LogP contribution < -0.4 is 0 Å². The van der Waals surface area contributed by atoms with Crippen molar-refractivity contribution >= 4 is 5.97 Å². The molecule has 0 aromatic carbocycles. The Labute approximate surface area is 109 Å². The molecular formula is C13H24N2O3. The quantitative estimate of drug-likeness (QED) is 0.540. The number of carbonyl (C=O) groups is 1. The molecule has 1 aliphatic rings. The highest BCUT2D eigenvalue weighted by molar-refractivity contribution is 5.88. The first kappa shape index (κ1) is 15.1. The second-order valence-corrected chi connectivity index (χ2v) is 5.06. The zero-order valence-corrected chi connectivity index (χ0v) is 11.6. The van der Waals surface area contributed by atoms with Crippen LogP contribution in [0, 0.1) is 0 Å². The summed E-state index contributed by atoms with van der Waals surface area (Å²) in [6.07, 6.45) is 0.429. The summed E-state index contributed by atoms with van der Waals surface area (Å²) in [5.74, 6) is -0.345. The molecule has 1 fully saturated rings. The summed E-state index contributed by atoms with van der Waals surface area (Å²) in [7, 11) is 4.01. The highest BCUT2D eigenvalue weighted by Crippen LogP contribution is 2.19. The number of rotatable bonds is 6. The molecule has 5 heteroatoms. The van der Waals surface area contributed by atoms with Gasteiger partial charge in [-0.05, 0) is 27.4 Å². The fourth-order valence-corrected chi connectivity index (χ4v) is 2.31. The number of hydrogen-bond donors (Lipinski definition) is 1. The van der Waals surface area contributed by atoms with E-state index in [-0.39, 0.29) is 18.1 Å². The first-order valence-corrected chi connectivity index (χ1v) is 6.35. The Bertz CT molecular complexity index is 305. The van der Waals surface area contributed by atoms with Gasteiger partial charge in [0.05, 0.1) is 12.7 Å². The molecule has 0 radical (unpaired) electrons. The van der Waals surface area contributed by atoms with Crippen molar-refractivity contribution in [2.24, 2.45) is 0 Å². The van der Waals surface area contributed by atoms with Crippen LogP contribution in [0.15, 0.2) is 12.2 Å². The van der Waals surface area contributed by atoms with E-state index in [0.29, 0.717) is 25.3 Å². The Hall–Kier alpha value is -0.910. The zero-order chi connectivity index (χ0) is 13.7. The maximum Gasteiger partial charge on any atom is 0.334 e. The van der Waals surface area contributed by atoms with Crippen molar-refractivity contribution in [2.75, 3.05) is 40.3 Å². The molecule has 0 amide bonds. The summed E-state index contributed by atoms with van der Waals surface area (Å²) in [6, 6.07) is 0.265. The van der Waals surface area contributed by atoms with E-state index in [1.807, 2.05) is 14.1 Å². The van der Waals surface area contributed by atoms with E-state index >= 15 is 0 Å². The van der Waals surface area contributed by atoms with E-state index in [1.54, 1.807) is 6.92 Å². The molecule has 1 heterocycles. The minimum absolute atomic E-state index is 0.265. The first-order chi connectivity index (χ1) is 8.43. The van der Waals surface area contributed by atoms with E-state index < -0.39 is 0 Å². The number of likely N-dealkylation sites (tertiary alicyclic amines) is 1. The molecule has 2 unspecified atom stereocenters. The Kier molecular flexibility index (Phi) is 5.78. The monoisotopic (exact) mass is 256 g/mol. The molecule has 5 nitrogen and oxygen atoms in total. The van der Waals surface area contributed by atoms with Gasteiger partial charge in [-0.1, -0.05) is 6.58 Å². The van der Waals surface area contributed by atoms with Gasteiger partial charge in [-0.25, -0.2) is 4.79 Å². The van der Waals surface area contributed by atoms with Gasteiger partial charge in [0.25, 0.3) is 0 Å². The third kappa shape index (κ3) is 4.40. The van der Waals surface area contributed by atoms with Crippen LogP contribution in [0.5, 0.6) is 0 Å². The summed E-state index contributed by atoms with van der Waals surface area (Å²) in [4.78, 5) is 15.7. The van der Waals surface area contributed by atoms with E-state index in [4.69, 9.17) is 4.74 Å². The van der Waals surface area contributed by atoms with Crippen molar-refractivity contribution < 1.29 is 14.6 Å². The Morgan fingerprint density at radius 1 is 1.56 bits per heavy atom. The lowest BCUT2D eigenvalue weighted by Gasteiger charge is -2.26. The van der Waals surface area contributed by atoms with E-state index in [0.717, 1.165) is 13.0 Å². The molecule has 1 rings (SSSR count). The van der Waals surface area contributed by atoms with Crippen LogP contribution in [0.3, 0.4) is 0 Å². The summed E-state index contributed by atoms with van der Waals surface area (Å²) >= 11 is 0. The van der Waals surface area contributed by atoms with Crippen molar-refractivity contribution in [2.45, 2.75) is 25.5 Å². The van der Waals surface area contributed by atoms with Gasteiger partial charge in [0, 0.05) is 31.2 Å². The van der Waals surface area contributed by atoms with Gasteiger partial charge in [-0.15, -0.1) is 0 Å². The molecule has 104 valence electrons. The fraction of sp³-hybridized carbons (Fsp3) is 0.769. The predicted octanol–water partition coefficient (Wildman–Crippen LogP) is 0.103. The lowest BCUT2D eigenvalue weighted by molar-refractivity contribution is -0.138. The lowest BCUT2D eigenvalue weighted by Crippen LogP contribution is -2.39. The fourth-order valence-electron chi connectivity index (χ4n) is 2.31. The average molecular weight is 256 g/mol. The largest absolute Gasteiger partial charge is 0.463 e. The van der Waals surface area contributed by atoms with Gasteiger partial charge in [0.15, 0.2) is 0 Å². The minimum atomic E-state index is -0.345. The Balaban J connectivity index is 2.53. The van der Waals surface area contributed by atoms with Crippen LogP contribution in [0.2, 0.25) is 0 Å². The summed E-state index contributed by atoms with van der Waals surface area (Å²) in [5.41, 5.74) is 0.453. The lowest BCUT2D eigenvalue weighted by atomic mass is 10.2. The summed E-state index contributed by atoms with van der Waals surface area (Å²) < 4.78 is 4.92. The number of ether oxygens (including phenoxy) is 1. The van der Waals surface area contributed by atoms with Gasteiger partial charge in [0.1, 0.15) is 0 Å². The van der Waals surface area contributed by atoms with Crippen LogP contribution in [0.4, 0.5) is 0 Å². The van der Waals surface area contributed by atoms with Gasteiger partial charge >= 0.3 is 5.97 Å². The predicted molar refractivity (Wildman–Crippen MR) is 70.3 cm³/mol. The van der Waals surface area contributed by atoms with E-state index in [1.165, 1.54) is 0 Å². The maximum absolute atomic E-state index is 11.5. The standard InChI is InChI=1S/C13H24N2O3/c1-5-18-13(17)10(2)7-15-9-12(16)6-11(15)8-14(3)4/h11-12,16H,2,5-9H2,1,3-4H3. The number of likely N-dealkylation sites (N-methyl/N-ethyl adjacent to an activating group) is 1. The van der Waals surface area contributed by atoms with E-state index in [9.17, 15) is 9.90 Å². The number of esters is 1. The van der Waals surface area contributed by atoms with Crippen LogP contribution in [-0.4, -0.2) is 73.4 Å². The highest BCUT2D eigenvalue weighted by Gasteiger charge is 2.32. The third-order valence-electron chi connectivity index (χ3n) is 3.04. The molecule has 18 heavy (non-hydrogen) atoms. The molecule has 1 N–H and O–H groups in total. The average Bonchev–Trinajstić information content (AvgIpc) is 2.58. The second kappa shape index (κ2) is 6.87. The van der Waals surface area contributed by atoms with Crippen LogP contribution >= 0.6 is 0 Å². The van der Waals surface area contributed by atoms with Gasteiger partial charge in [-0.2, -0.15) is 0 Å². The van der Waals surface area contributed by atoms with E-state index in [2.05, 4.69) is 16.4 Å². The van der Waals surface area contributed by atoms with Crippen LogP contribution in [0.1, 0.15) is 13.3 Å². The molecule has 0 aromatic heterocycles. The number of carbonyl (C=O) groups excluding carboxylic acids is 1. The normalized spacial score (nSPS) is 24.5. The van der Waals surface area contributed by atoms with Gasteiger partial charge in [-0.3, -0.25) is 4.90 Å². The summed E-state index contributed by atoms with van der Waals surface area (Å²) in [6.45, 7) is 7.83. The zero-order valence-electron chi connectivity index (χ0n) is 11.6. The Morgan fingerprint density at radius 2 is 2.22 bits per heavy atom.